The lowest BCUT2D eigenvalue weighted by atomic mass is 10.0. The molecule has 0 radical (unpaired) electrons. The maximum absolute atomic E-state index is 13.2. The summed E-state index contributed by atoms with van der Waals surface area (Å²) in [4.78, 5) is 17.1. The first kappa shape index (κ1) is 19.2. The summed E-state index contributed by atoms with van der Waals surface area (Å²) in [6.07, 6.45) is 0. The largest absolute Gasteiger partial charge is 0.332 e. The van der Waals surface area contributed by atoms with Gasteiger partial charge in [-0.05, 0) is 38.6 Å². The van der Waals surface area contributed by atoms with Crippen LogP contribution in [0.3, 0.4) is 0 Å². The highest BCUT2D eigenvalue weighted by Crippen LogP contribution is 2.23. The zero-order valence-electron chi connectivity index (χ0n) is 16.2. The van der Waals surface area contributed by atoms with Gasteiger partial charge in [0.2, 0.25) is 0 Å². The van der Waals surface area contributed by atoms with Gasteiger partial charge in [-0.15, -0.1) is 0 Å². The molecule has 0 aliphatic heterocycles. The molecule has 1 aromatic heterocycles. The highest BCUT2D eigenvalue weighted by atomic mass is 16.2. The lowest BCUT2D eigenvalue weighted by Gasteiger charge is -2.31. The molecule has 25 heavy (non-hydrogen) atoms. The molecule has 2 aromatic rings. The van der Waals surface area contributed by atoms with E-state index < -0.39 is 0 Å². The van der Waals surface area contributed by atoms with E-state index >= 15 is 0 Å². The second kappa shape index (κ2) is 8.30. The van der Waals surface area contributed by atoms with Gasteiger partial charge in [-0.2, -0.15) is 5.10 Å². The number of aromatic nitrogens is 2. The molecule has 5 nitrogen and oxygen atoms in total. The van der Waals surface area contributed by atoms with Crippen molar-refractivity contribution in [2.45, 2.75) is 39.3 Å². The molecule has 0 aliphatic rings. The van der Waals surface area contributed by atoms with Crippen molar-refractivity contribution in [3.8, 4) is 0 Å². The molecule has 1 atom stereocenters. The SMILES string of the molecule is CCn1nc(C(C)C)cc1C(=O)N(C)[C@H](CN(C)C)c1ccccc1. The molecule has 0 N–H and O–H groups in total. The van der Waals surface area contributed by atoms with Crippen molar-refractivity contribution in [3.05, 3.63) is 53.3 Å². The fraction of sp³-hybridized carbons (Fsp3) is 0.500. The average Bonchev–Trinajstić information content (AvgIpc) is 3.03. The molecule has 0 unspecified atom stereocenters. The number of hydrogen-bond acceptors (Lipinski definition) is 3. The van der Waals surface area contributed by atoms with Gasteiger partial charge < -0.3 is 9.80 Å². The number of nitrogens with zero attached hydrogens (tertiary/aromatic N) is 4. The topological polar surface area (TPSA) is 41.4 Å². The number of aryl methyl sites for hydroxylation is 1. The Hall–Kier alpha value is -2.14. The summed E-state index contributed by atoms with van der Waals surface area (Å²) in [5, 5.41) is 4.58. The molecule has 5 heteroatoms. The van der Waals surface area contributed by atoms with E-state index in [1.54, 1.807) is 0 Å². The Morgan fingerprint density at radius 1 is 1.16 bits per heavy atom. The molecular weight excluding hydrogens is 312 g/mol. The van der Waals surface area contributed by atoms with E-state index in [0.717, 1.165) is 17.8 Å². The van der Waals surface area contributed by atoms with Gasteiger partial charge in [0.25, 0.3) is 5.91 Å². The minimum Gasteiger partial charge on any atom is -0.332 e. The van der Waals surface area contributed by atoms with Crippen molar-refractivity contribution in [1.82, 2.24) is 19.6 Å². The van der Waals surface area contributed by atoms with E-state index in [1.807, 2.05) is 61.9 Å². The zero-order valence-corrected chi connectivity index (χ0v) is 16.2. The Balaban J connectivity index is 2.35. The van der Waals surface area contributed by atoms with Gasteiger partial charge in [0.1, 0.15) is 5.69 Å². The van der Waals surface area contributed by atoms with Crippen LogP contribution in [0.25, 0.3) is 0 Å². The maximum Gasteiger partial charge on any atom is 0.272 e. The molecule has 0 spiro atoms. The first-order valence-electron chi connectivity index (χ1n) is 8.89. The summed E-state index contributed by atoms with van der Waals surface area (Å²) in [6, 6.07) is 12.1. The number of likely N-dealkylation sites (N-methyl/N-ethyl adjacent to an activating group) is 2. The Bertz CT molecular complexity index is 691. The third-order valence-corrected chi connectivity index (χ3v) is 4.42. The number of amides is 1. The van der Waals surface area contributed by atoms with Crippen LogP contribution < -0.4 is 0 Å². The highest BCUT2D eigenvalue weighted by molar-refractivity contribution is 5.93. The van der Waals surface area contributed by atoms with E-state index in [4.69, 9.17) is 0 Å². The number of hydrogen-bond donors (Lipinski definition) is 0. The van der Waals surface area contributed by atoms with E-state index in [1.165, 1.54) is 0 Å². The minimum absolute atomic E-state index is 0.00796. The third kappa shape index (κ3) is 4.48. The van der Waals surface area contributed by atoms with Crippen LogP contribution in [0.15, 0.2) is 36.4 Å². The van der Waals surface area contributed by atoms with Crippen molar-refractivity contribution in [2.24, 2.45) is 0 Å². The molecule has 0 aliphatic carbocycles. The lowest BCUT2D eigenvalue weighted by Crippen LogP contribution is -2.38. The van der Waals surface area contributed by atoms with Crippen molar-refractivity contribution < 1.29 is 4.79 Å². The predicted molar refractivity (Wildman–Crippen MR) is 102 cm³/mol. The maximum atomic E-state index is 13.2. The summed E-state index contributed by atoms with van der Waals surface area (Å²) in [5.41, 5.74) is 2.76. The van der Waals surface area contributed by atoms with Gasteiger partial charge in [0.15, 0.2) is 0 Å². The number of rotatable bonds is 7. The number of benzene rings is 1. The van der Waals surface area contributed by atoms with Gasteiger partial charge in [-0.3, -0.25) is 9.48 Å². The van der Waals surface area contributed by atoms with E-state index in [9.17, 15) is 4.79 Å². The van der Waals surface area contributed by atoms with Crippen LogP contribution in [0.5, 0.6) is 0 Å². The van der Waals surface area contributed by atoms with E-state index in [2.05, 4.69) is 36.0 Å². The second-order valence-electron chi connectivity index (χ2n) is 7.03. The van der Waals surface area contributed by atoms with Crippen LogP contribution in [0.2, 0.25) is 0 Å². The first-order chi connectivity index (χ1) is 11.8. The molecule has 1 amide bonds. The smallest absolute Gasteiger partial charge is 0.272 e. The summed E-state index contributed by atoms with van der Waals surface area (Å²) in [5.74, 6) is 0.313. The molecule has 0 bridgehead atoms. The summed E-state index contributed by atoms with van der Waals surface area (Å²) >= 11 is 0. The first-order valence-corrected chi connectivity index (χ1v) is 8.89. The van der Waals surface area contributed by atoms with Crippen molar-refractivity contribution >= 4 is 5.91 Å². The second-order valence-corrected chi connectivity index (χ2v) is 7.03. The summed E-state index contributed by atoms with van der Waals surface area (Å²) in [6.45, 7) is 7.66. The van der Waals surface area contributed by atoms with E-state index in [0.29, 0.717) is 18.2 Å². The summed E-state index contributed by atoms with van der Waals surface area (Å²) < 4.78 is 1.81. The molecule has 0 saturated heterocycles. The van der Waals surface area contributed by atoms with Crippen LogP contribution in [-0.2, 0) is 6.54 Å². The highest BCUT2D eigenvalue weighted by Gasteiger charge is 2.26. The quantitative estimate of drug-likeness (QED) is 0.774. The van der Waals surface area contributed by atoms with Gasteiger partial charge >= 0.3 is 0 Å². The molecular formula is C20H30N4O. The van der Waals surface area contributed by atoms with Gasteiger partial charge in [-0.25, -0.2) is 0 Å². The van der Waals surface area contributed by atoms with Crippen LogP contribution in [-0.4, -0.2) is 53.2 Å². The third-order valence-electron chi connectivity index (χ3n) is 4.42. The lowest BCUT2D eigenvalue weighted by molar-refractivity contribution is 0.0693. The van der Waals surface area contributed by atoms with Crippen LogP contribution >= 0.6 is 0 Å². The Labute approximate surface area is 151 Å². The Morgan fingerprint density at radius 2 is 1.80 bits per heavy atom. The Morgan fingerprint density at radius 3 is 2.32 bits per heavy atom. The fourth-order valence-electron chi connectivity index (χ4n) is 2.93. The number of carbonyl (C=O) groups is 1. The predicted octanol–water partition coefficient (Wildman–Crippen LogP) is 3.40. The molecule has 1 aromatic carbocycles. The van der Waals surface area contributed by atoms with Gasteiger partial charge in [0.05, 0.1) is 11.7 Å². The molecule has 0 saturated carbocycles. The van der Waals surface area contributed by atoms with Gasteiger partial charge in [-0.1, -0.05) is 44.2 Å². The van der Waals surface area contributed by atoms with Crippen molar-refractivity contribution in [2.75, 3.05) is 27.7 Å². The minimum atomic E-state index is -0.00796. The van der Waals surface area contributed by atoms with E-state index in [-0.39, 0.29) is 11.9 Å². The van der Waals surface area contributed by atoms with Gasteiger partial charge in [0, 0.05) is 20.1 Å². The molecule has 0 fully saturated rings. The van der Waals surface area contributed by atoms with Crippen LogP contribution in [0.1, 0.15) is 54.5 Å². The standard InChI is InChI=1S/C20H30N4O/c1-7-24-18(13-17(21-24)15(2)3)20(25)23(6)19(14-22(4)5)16-11-9-8-10-12-16/h8-13,15,19H,7,14H2,1-6H3/t19-/m1/s1. The fourth-order valence-corrected chi connectivity index (χ4v) is 2.93. The van der Waals surface area contributed by atoms with Crippen LogP contribution in [0, 0.1) is 0 Å². The normalized spacial score (nSPS) is 12.6. The monoisotopic (exact) mass is 342 g/mol. The summed E-state index contributed by atoms with van der Waals surface area (Å²) in [7, 11) is 5.94. The van der Waals surface area contributed by atoms with Crippen molar-refractivity contribution in [3.63, 3.8) is 0 Å². The van der Waals surface area contributed by atoms with Crippen LogP contribution in [0.4, 0.5) is 0 Å². The number of carbonyl (C=O) groups excluding carboxylic acids is 1. The molecule has 136 valence electrons. The molecule has 2 rings (SSSR count). The average molecular weight is 342 g/mol. The molecule has 1 heterocycles. The van der Waals surface area contributed by atoms with Crippen molar-refractivity contribution in [1.29, 1.82) is 0 Å². The zero-order chi connectivity index (χ0) is 18.6. The Kier molecular flexibility index (Phi) is 6.37.